The van der Waals surface area contributed by atoms with E-state index in [9.17, 15) is 5.11 Å². The van der Waals surface area contributed by atoms with E-state index in [1.165, 1.54) is 0 Å². The number of hydrogen-bond acceptors (Lipinski definition) is 4. The van der Waals surface area contributed by atoms with Crippen molar-refractivity contribution >= 4 is 0 Å². The maximum Gasteiger partial charge on any atom is 0.140 e. The molecule has 1 unspecified atom stereocenters. The number of aliphatic hydroxyl groups is 1. The highest BCUT2D eigenvalue weighted by Crippen LogP contribution is 2.04. The van der Waals surface area contributed by atoms with Crippen LogP contribution in [0.25, 0.3) is 0 Å². The van der Waals surface area contributed by atoms with Gasteiger partial charge in [0, 0.05) is 19.3 Å². The van der Waals surface area contributed by atoms with Gasteiger partial charge in [-0.15, -0.1) is 0 Å². The van der Waals surface area contributed by atoms with Gasteiger partial charge in [0.2, 0.25) is 0 Å². The zero-order valence-electron chi connectivity index (χ0n) is 9.01. The molecule has 1 heterocycles. The largest absolute Gasteiger partial charge is 0.392 e. The summed E-state index contributed by atoms with van der Waals surface area (Å²) < 4.78 is 0. The Hall–Kier alpha value is -1.44. The minimum absolute atomic E-state index is 0.340. The first-order valence-corrected chi connectivity index (χ1v) is 4.83. The average molecular weight is 205 g/mol. The number of hydrogen-bond donors (Lipinski definition) is 1. The lowest BCUT2D eigenvalue weighted by Gasteiger charge is -2.18. The second-order valence-electron chi connectivity index (χ2n) is 3.71. The second kappa shape index (κ2) is 5.44. The molecule has 0 amide bonds. The predicted molar refractivity (Wildman–Crippen MR) is 57.0 cm³/mol. The zero-order valence-corrected chi connectivity index (χ0v) is 9.01. The smallest absolute Gasteiger partial charge is 0.140 e. The second-order valence-corrected chi connectivity index (χ2v) is 3.71. The first kappa shape index (κ1) is 11.6. The molecule has 0 aliphatic heterocycles. The standard InChI is InChI=1S/C11H15N3O/c1-9(15)7-14(2)8-10-3-4-13-11(5-10)6-12/h3-5,9,15H,7-8H2,1-2H3. The first-order valence-electron chi connectivity index (χ1n) is 4.83. The normalized spacial score (nSPS) is 12.5. The fourth-order valence-corrected chi connectivity index (χ4v) is 1.46. The number of aromatic nitrogens is 1. The van der Waals surface area contributed by atoms with Gasteiger partial charge in [0.1, 0.15) is 11.8 Å². The summed E-state index contributed by atoms with van der Waals surface area (Å²) in [6, 6.07) is 5.64. The van der Waals surface area contributed by atoms with Crippen LogP contribution in [-0.2, 0) is 6.54 Å². The molecule has 1 atom stereocenters. The molecule has 4 nitrogen and oxygen atoms in total. The third kappa shape index (κ3) is 4.07. The van der Waals surface area contributed by atoms with Gasteiger partial charge in [0.05, 0.1) is 6.10 Å². The quantitative estimate of drug-likeness (QED) is 0.788. The fraction of sp³-hybridized carbons (Fsp3) is 0.455. The van der Waals surface area contributed by atoms with Crippen LogP contribution >= 0.6 is 0 Å². The van der Waals surface area contributed by atoms with Crippen molar-refractivity contribution in [1.82, 2.24) is 9.88 Å². The number of nitrogens with zero attached hydrogens (tertiary/aromatic N) is 3. The number of nitriles is 1. The summed E-state index contributed by atoms with van der Waals surface area (Å²) in [4.78, 5) is 5.90. The summed E-state index contributed by atoms with van der Waals surface area (Å²) in [6.07, 6.45) is 1.29. The van der Waals surface area contributed by atoms with Gasteiger partial charge in [-0.3, -0.25) is 4.90 Å². The summed E-state index contributed by atoms with van der Waals surface area (Å²) in [5.74, 6) is 0. The van der Waals surface area contributed by atoms with Gasteiger partial charge in [0.15, 0.2) is 0 Å². The molecule has 15 heavy (non-hydrogen) atoms. The van der Waals surface area contributed by atoms with Crippen molar-refractivity contribution in [3.05, 3.63) is 29.6 Å². The van der Waals surface area contributed by atoms with Crippen LogP contribution in [0.2, 0.25) is 0 Å². The molecule has 0 saturated heterocycles. The Bertz CT molecular complexity index is 357. The molecule has 0 spiro atoms. The van der Waals surface area contributed by atoms with E-state index in [4.69, 9.17) is 5.26 Å². The van der Waals surface area contributed by atoms with Gasteiger partial charge in [-0.2, -0.15) is 5.26 Å². The van der Waals surface area contributed by atoms with Crippen molar-refractivity contribution < 1.29 is 5.11 Å². The van der Waals surface area contributed by atoms with E-state index in [-0.39, 0.29) is 6.10 Å². The minimum atomic E-state index is -0.340. The molecule has 80 valence electrons. The third-order valence-electron chi connectivity index (χ3n) is 1.97. The van der Waals surface area contributed by atoms with Crippen LogP contribution in [0.1, 0.15) is 18.2 Å². The van der Waals surface area contributed by atoms with E-state index >= 15 is 0 Å². The summed E-state index contributed by atoms with van der Waals surface area (Å²) in [6.45, 7) is 3.08. The monoisotopic (exact) mass is 205 g/mol. The van der Waals surface area contributed by atoms with E-state index in [1.807, 2.05) is 24.1 Å². The number of likely N-dealkylation sites (N-methyl/N-ethyl adjacent to an activating group) is 1. The van der Waals surface area contributed by atoms with E-state index in [0.717, 1.165) is 5.56 Å². The lowest BCUT2D eigenvalue weighted by atomic mass is 10.2. The SMILES string of the molecule is CC(O)CN(C)Cc1ccnc(C#N)c1. The Labute approximate surface area is 89.8 Å². The number of rotatable bonds is 4. The third-order valence-corrected chi connectivity index (χ3v) is 1.97. The molecule has 1 aromatic rings. The lowest BCUT2D eigenvalue weighted by molar-refractivity contribution is 0.138. The molecule has 1 rings (SSSR count). The highest BCUT2D eigenvalue weighted by atomic mass is 16.3. The molecule has 0 radical (unpaired) electrons. The Balaban J connectivity index is 2.60. The topological polar surface area (TPSA) is 60.1 Å². The lowest BCUT2D eigenvalue weighted by Crippen LogP contribution is -2.26. The highest BCUT2D eigenvalue weighted by molar-refractivity contribution is 5.25. The van der Waals surface area contributed by atoms with Gasteiger partial charge in [-0.25, -0.2) is 4.98 Å². The maximum atomic E-state index is 9.20. The van der Waals surface area contributed by atoms with Gasteiger partial charge in [0.25, 0.3) is 0 Å². The van der Waals surface area contributed by atoms with Crippen LogP contribution in [-0.4, -0.2) is 34.7 Å². The molecule has 0 saturated carbocycles. The molecule has 1 aromatic heterocycles. The molecule has 4 heteroatoms. The Morgan fingerprint density at radius 2 is 2.40 bits per heavy atom. The van der Waals surface area contributed by atoms with Crippen LogP contribution in [0, 0.1) is 11.3 Å². The zero-order chi connectivity index (χ0) is 11.3. The Morgan fingerprint density at radius 1 is 1.67 bits per heavy atom. The van der Waals surface area contributed by atoms with Gasteiger partial charge < -0.3 is 5.11 Å². The van der Waals surface area contributed by atoms with E-state index < -0.39 is 0 Å². The number of pyridine rings is 1. The van der Waals surface area contributed by atoms with Crippen molar-refractivity contribution in [3.63, 3.8) is 0 Å². The Morgan fingerprint density at radius 3 is 3.00 bits per heavy atom. The van der Waals surface area contributed by atoms with Crippen molar-refractivity contribution in [1.29, 1.82) is 5.26 Å². The molecule has 0 aromatic carbocycles. The molecular formula is C11H15N3O. The van der Waals surface area contributed by atoms with E-state index in [1.54, 1.807) is 19.2 Å². The molecule has 1 N–H and O–H groups in total. The minimum Gasteiger partial charge on any atom is -0.392 e. The fourth-order valence-electron chi connectivity index (χ4n) is 1.46. The first-order chi connectivity index (χ1) is 7.11. The van der Waals surface area contributed by atoms with Crippen LogP contribution in [0.5, 0.6) is 0 Å². The van der Waals surface area contributed by atoms with Gasteiger partial charge >= 0.3 is 0 Å². The maximum absolute atomic E-state index is 9.20. The van der Waals surface area contributed by atoms with Crippen LogP contribution in [0.4, 0.5) is 0 Å². The molecule has 0 aliphatic carbocycles. The van der Waals surface area contributed by atoms with E-state index in [2.05, 4.69) is 4.98 Å². The van der Waals surface area contributed by atoms with Crippen LogP contribution in [0.3, 0.4) is 0 Å². The summed E-state index contributed by atoms with van der Waals surface area (Å²) in [5, 5.41) is 17.9. The summed E-state index contributed by atoms with van der Waals surface area (Å²) in [5.41, 5.74) is 1.46. The Kier molecular flexibility index (Phi) is 4.22. The molecule has 0 aliphatic rings. The average Bonchev–Trinajstić information content (AvgIpc) is 2.16. The van der Waals surface area contributed by atoms with E-state index in [0.29, 0.717) is 18.8 Å². The summed E-state index contributed by atoms with van der Waals surface area (Å²) in [7, 11) is 1.93. The predicted octanol–water partition coefficient (Wildman–Crippen LogP) is 0.766. The number of aliphatic hydroxyl groups excluding tert-OH is 1. The van der Waals surface area contributed by atoms with Crippen molar-refractivity contribution in [3.8, 4) is 6.07 Å². The van der Waals surface area contributed by atoms with Crippen LogP contribution < -0.4 is 0 Å². The highest BCUT2D eigenvalue weighted by Gasteiger charge is 2.04. The van der Waals surface area contributed by atoms with Crippen LogP contribution in [0.15, 0.2) is 18.3 Å². The van der Waals surface area contributed by atoms with Gasteiger partial charge in [-0.1, -0.05) is 0 Å². The molecule has 0 fully saturated rings. The molecular weight excluding hydrogens is 190 g/mol. The van der Waals surface area contributed by atoms with Gasteiger partial charge in [-0.05, 0) is 31.7 Å². The van der Waals surface area contributed by atoms with Crippen molar-refractivity contribution in [2.45, 2.75) is 19.6 Å². The van der Waals surface area contributed by atoms with Crippen molar-refractivity contribution in [2.24, 2.45) is 0 Å². The molecule has 0 bridgehead atoms. The summed E-state index contributed by atoms with van der Waals surface area (Å²) >= 11 is 0. The van der Waals surface area contributed by atoms with Crippen molar-refractivity contribution in [2.75, 3.05) is 13.6 Å².